The second-order valence-electron chi connectivity index (χ2n) is 7.34. The van der Waals surface area contributed by atoms with Crippen LogP contribution in [0.1, 0.15) is 28.8 Å². The van der Waals surface area contributed by atoms with Gasteiger partial charge >= 0.3 is 0 Å². The molecule has 0 unspecified atom stereocenters. The second-order valence-corrected chi connectivity index (χ2v) is 10.3. The lowest BCUT2D eigenvalue weighted by atomic mass is 9.85. The minimum Gasteiger partial charge on any atom is -0.369 e. The SMILES string of the molecule is CS(=O)(=O)c1ccc(CC(=O)N2CCC3(CC2)OCCc2ccsc23)cc1. The van der Waals surface area contributed by atoms with Crippen LogP contribution < -0.4 is 0 Å². The molecular weight excluding hydrogens is 382 g/mol. The van der Waals surface area contributed by atoms with Gasteiger partial charge in [0.2, 0.25) is 5.91 Å². The highest BCUT2D eigenvalue weighted by Crippen LogP contribution is 2.44. The van der Waals surface area contributed by atoms with Gasteiger partial charge < -0.3 is 9.64 Å². The van der Waals surface area contributed by atoms with Crippen molar-refractivity contribution in [1.82, 2.24) is 4.90 Å². The molecule has 1 aromatic heterocycles. The fraction of sp³-hybridized carbons (Fsp3) is 0.450. The number of rotatable bonds is 3. The van der Waals surface area contributed by atoms with Crippen molar-refractivity contribution >= 4 is 27.1 Å². The van der Waals surface area contributed by atoms with E-state index in [4.69, 9.17) is 4.74 Å². The number of likely N-dealkylation sites (tertiary alicyclic amines) is 1. The van der Waals surface area contributed by atoms with E-state index in [0.717, 1.165) is 31.4 Å². The molecule has 0 aliphatic carbocycles. The zero-order valence-corrected chi connectivity index (χ0v) is 16.9. The molecule has 27 heavy (non-hydrogen) atoms. The van der Waals surface area contributed by atoms with E-state index >= 15 is 0 Å². The Morgan fingerprint density at radius 1 is 1.19 bits per heavy atom. The number of carbonyl (C=O) groups is 1. The maximum Gasteiger partial charge on any atom is 0.226 e. The highest BCUT2D eigenvalue weighted by atomic mass is 32.2. The Labute approximate surface area is 163 Å². The molecule has 1 aromatic carbocycles. The van der Waals surface area contributed by atoms with Crippen LogP contribution in [0.5, 0.6) is 0 Å². The molecule has 2 aliphatic rings. The summed E-state index contributed by atoms with van der Waals surface area (Å²) >= 11 is 1.77. The summed E-state index contributed by atoms with van der Waals surface area (Å²) in [5, 5.41) is 2.14. The van der Waals surface area contributed by atoms with E-state index in [1.54, 1.807) is 35.6 Å². The third-order valence-electron chi connectivity index (χ3n) is 5.54. The molecule has 1 fully saturated rings. The first kappa shape index (κ1) is 18.7. The highest BCUT2D eigenvalue weighted by molar-refractivity contribution is 7.90. The van der Waals surface area contributed by atoms with Crippen molar-refractivity contribution in [2.75, 3.05) is 26.0 Å². The summed E-state index contributed by atoms with van der Waals surface area (Å²) in [4.78, 5) is 16.2. The predicted octanol–water partition coefficient (Wildman–Crippen LogP) is 2.78. The maximum absolute atomic E-state index is 12.7. The number of hydrogen-bond donors (Lipinski definition) is 0. The van der Waals surface area contributed by atoms with E-state index in [1.807, 2.05) is 4.90 Å². The van der Waals surface area contributed by atoms with E-state index in [9.17, 15) is 13.2 Å². The van der Waals surface area contributed by atoms with Gasteiger partial charge in [-0.3, -0.25) is 4.79 Å². The molecule has 1 spiro atoms. The summed E-state index contributed by atoms with van der Waals surface area (Å²) in [5.41, 5.74) is 2.02. The molecule has 1 saturated heterocycles. The van der Waals surface area contributed by atoms with E-state index in [0.29, 0.717) is 19.5 Å². The third-order valence-corrected chi connectivity index (χ3v) is 7.81. The number of hydrogen-bond acceptors (Lipinski definition) is 5. The van der Waals surface area contributed by atoms with E-state index in [-0.39, 0.29) is 16.4 Å². The molecule has 144 valence electrons. The summed E-state index contributed by atoms with van der Waals surface area (Å²) in [5.74, 6) is 0.0826. The van der Waals surface area contributed by atoms with Crippen molar-refractivity contribution in [3.8, 4) is 0 Å². The predicted molar refractivity (Wildman–Crippen MR) is 105 cm³/mol. The largest absolute Gasteiger partial charge is 0.369 e. The summed E-state index contributed by atoms with van der Waals surface area (Å²) < 4.78 is 29.3. The highest BCUT2D eigenvalue weighted by Gasteiger charge is 2.42. The molecule has 0 radical (unpaired) electrons. The number of amides is 1. The Balaban J connectivity index is 1.40. The van der Waals surface area contributed by atoms with Gasteiger partial charge in [0.1, 0.15) is 5.60 Å². The molecule has 0 atom stereocenters. The van der Waals surface area contributed by atoms with Crippen molar-refractivity contribution in [2.24, 2.45) is 0 Å². The maximum atomic E-state index is 12.7. The van der Waals surface area contributed by atoms with Gasteiger partial charge in [0.15, 0.2) is 9.84 Å². The third kappa shape index (κ3) is 3.68. The van der Waals surface area contributed by atoms with Crippen LogP contribution in [0.15, 0.2) is 40.6 Å². The van der Waals surface area contributed by atoms with Crippen LogP contribution in [-0.4, -0.2) is 45.2 Å². The summed E-state index contributed by atoms with van der Waals surface area (Å²) in [6, 6.07) is 8.78. The molecular formula is C20H23NO4S2. The van der Waals surface area contributed by atoms with Crippen molar-refractivity contribution in [3.05, 3.63) is 51.7 Å². The number of fused-ring (bicyclic) bond motifs is 2. The lowest BCUT2D eigenvalue weighted by Crippen LogP contribution is -2.48. The fourth-order valence-electron chi connectivity index (χ4n) is 3.98. The van der Waals surface area contributed by atoms with Crippen LogP contribution in [0.2, 0.25) is 0 Å². The standard InChI is InChI=1S/C20H23NO4S2/c1-27(23,24)17-4-2-15(3-5-17)14-18(22)21-10-8-20(9-11-21)19-16(6-12-25-20)7-13-26-19/h2-5,7,13H,6,8-12,14H2,1H3. The van der Waals surface area contributed by atoms with Gasteiger partial charge in [0.05, 0.1) is 17.9 Å². The Morgan fingerprint density at radius 3 is 2.56 bits per heavy atom. The Kier molecular flexibility index (Phi) is 4.86. The normalized spacial score (nSPS) is 19.1. The second kappa shape index (κ2) is 7.04. The number of piperidine rings is 1. The molecule has 4 rings (SSSR count). The summed E-state index contributed by atoms with van der Waals surface area (Å²) in [6.45, 7) is 2.14. The fourth-order valence-corrected chi connectivity index (χ4v) is 5.78. The van der Waals surface area contributed by atoms with E-state index in [1.165, 1.54) is 16.7 Å². The molecule has 3 heterocycles. The van der Waals surface area contributed by atoms with Gasteiger partial charge in [-0.1, -0.05) is 12.1 Å². The van der Waals surface area contributed by atoms with Crippen LogP contribution in [0, 0.1) is 0 Å². The van der Waals surface area contributed by atoms with Crippen LogP contribution in [0.3, 0.4) is 0 Å². The van der Waals surface area contributed by atoms with E-state index in [2.05, 4.69) is 11.4 Å². The van der Waals surface area contributed by atoms with Gasteiger partial charge in [-0.25, -0.2) is 8.42 Å². The Bertz CT molecular complexity index is 939. The number of thiophene rings is 1. The number of benzene rings is 1. The molecule has 0 saturated carbocycles. The van der Waals surface area contributed by atoms with Crippen molar-refractivity contribution < 1.29 is 17.9 Å². The number of carbonyl (C=O) groups excluding carboxylic acids is 1. The summed E-state index contributed by atoms with van der Waals surface area (Å²) in [7, 11) is -3.21. The molecule has 7 heteroatoms. The van der Waals surface area contributed by atoms with Crippen LogP contribution in [0.4, 0.5) is 0 Å². The van der Waals surface area contributed by atoms with Gasteiger partial charge in [-0.05, 0) is 54.0 Å². The average molecular weight is 406 g/mol. The van der Waals surface area contributed by atoms with Gasteiger partial charge in [-0.2, -0.15) is 0 Å². The van der Waals surface area contributed by atoms with E-state index < -0.39 is 9.84 Å². The van der Waals surface area contributed by atoms with Crippen molar-refractivity contribution in [3.63, 3.8) is 0 Å². The number of ether oxygens (including phenoxy) is 1. The van der Waals surface area contributed by atoms with Gasteiger partial charge in [0, 0.05) is 24.2 Å². The minimum absolute atomic E-state index is 0.0826. The lowest BCUT2D eigenvalue weighted by Gasteiger charge is -2.43. The molecule has 0 bridgehead atoms. The first-order valence-electron chi connectivity index (χ1n) is 9.15. The quantitative estimate of drug-likeness (QED) is 0.788. The topological polar surface area (TPSA) is 63.7 Å². The van der Waals surface area contributed by atoms with Crippen molar-refractivity contribution in [2.45, 2.75) is 36.2 Å². The molecule has 1 amide bonds. The average Bonchev–Trinajstić information content (AvgIpc) is 3.12. The summed E-state index contributed by atoms with van der Waals surface area (Å²) in [6.07, 6.45) is 4.12. The molecule has 2 aliphatic heterocycles. The van der Waals surface area contributed by atoms with Crippen LogP contribution in [-0.2, 0) is 37.8 Å². The van der Waals surface area contributed by atoms with Crippen molar-refractivity contribution in [1.29, 1.82) is 0 Å². The lowest BCUT2D eigenvalue weighted by molar-refractivity contribution is -0.139. The Morgan fingerprint density at radius 2 is 1.89 bits per heavy atom. The van der Waals surface area contributed by atoms with Crippen LogP contribution in [0.25, 0.3) is 0 Å². The molecule has 5 nitrogen and oxygen atoms in total. The van der Waals surface area contributed by atoms with Crippen LogP contribution >= 0.6 is 11.3 Å². The monoisotopic (exact) mass is 405 g/mol. The molecule has 2 aromatic rings. The zero-order valence-electron chi connectivity index (χ0n) is 15.3. The minimum atomic E-state index is -3.21. The first-order chi connectivity index (χ1) is 12.9. The van der Waals surface area contributed by atoms with Gasteiger partial charge in [0.25, 0.3) is 0 Å². The van der Waals surface area contributed by atoms with Gasteiger partial charge in [-0.15, -0.1) is 11.3 Å². The number of nitrogens with zero attached hydrogens (tertiary/aromatic N) is 1. The first-order valence-corrected chi connectivity index (χ1v) is 11.9. The number of sulfone groups is 1. The Hall–Kier alpha value is -1.70. The molecule has 0 N–H and O–H groups in total. The zero-order chi connectivity index (χ0) is 19.1. The smallest absolute Gasteiger partial charge is 0.226 e.